The molecule has 162 valence electrons. The molecule has 0 aliphatic carbocycles. The topological polar surface area (TPSA) is 73.2 Å². The second-order valence-electron chi connectivity index (χ2n) is 7.50. The summed E-state index contributed by atoms with van der Waals surface area (Å²) in [5.74, 6) is -0.361. The molecule has 1 unspecified atom stereocenters. The van der Waals surface area contributed by atoms with Crippen molar-refractivity contribution in [3.63, 3.8) is 0 Å². The van der Waals surface area contributed by atoms with Gasteiger partial charge in [-0.05, 0) is 68.8 Å². The van der Waals surface area contributed by atoms with Crippen LogP contribution in [0.2, 0.25) is 0 Å². The van der Waals surface area contributed by atoms with Crippen molar-refractivity contribution in [3.05, 3.63) is 94.3 Å². The molecule has 4 rings (SSSR count). The lowest BCUT2D eigenvalue weighted by Gasteiger charge is -2.17. The van der Waals surface area contributed by atoms with Gasteiger partial charge >= 0.3 is 0 Å². The Labute approximate surface area is 184 Å². The van der Waals surface area contributed by atoms with Crippen LogP contribution in [0, 0.1) is 19.7 Å². The van der Waals surface area contributed by atoms with E-state index in [9.17, 15) is 14.0 Å². The molecule has 6 nitrogen and oxygen atoms in total. The van der Waals surface area contributed by atoms with Crippen molar-refractivity contribution in [2.45, 2.75) is 26.9 Å². The average molecular weight is 431 g/mol. The number of benzene rings is 3. The van der Waals surface area contributed by atoms with Crippen LogP contribution in [0.1, 0.15) is 18.3 Å². The molecule has 7 heteroatoms. The highest BCUT2D eigenvalue weighted by atomic mass is 19.1. The fourth-order valence-electron chi connectivity index (χ4n) is 3.49. The van der Waals surface area contributed by atoms with E-state index in [0.717, 1.165) is 5.56 Å². The van der Waals surface area contributed by atoms with Crippen LogP contribution < -0.4 is 15.6 Å². The molecule has 1 N–H and O–H groups in total. The molecular formula is C25H22FN3O3. The smallest absolute Gasteiger partial charge is 0.265 e. The zero-order valence-corrected chi connectivity index (χ0v) is 17.9. The SMILES string of the molecule is Cc1cc(-n2c(C)nc3ccccc3c2=O)ccc1NC(=O)C(C)Oc1ccccc1F. The van der Waals surface area contributed by atoms with Gasteiger partial charge in [-0.15, -0.1) is 0 Å². The van der Waals surface area contributed by atoms with Gasteiger partial charge in [0.2, 0.25) is 0 Å². The van der Waals surface area contributed by atoms with Crippen LogP contribution in [-0.4, -0.2) is 21.6 Å². The Balaban J connectivity index is 1.58. The molecule has 0 aliphatic rings. The van der Waals surface area contributed by atoms with Gasteiger partial charge < -0.3 is 10.1 Å². The largest absolute Gasteiger partial charge is 0.478 e. The van der Waals surface area contributed by atoms with E-state index in [1.165, 1.54) is 12.1 Å². The number of hydrogen-bond donors (Lipinski definition) is 1. The van der Waals surface area contributed by atoms with Gasteiger partial charge in [-0.25, -0.2) is 9.37 Å². The Morgan fingerprint density at radius 2 is 1.78 bits per heavy atom. The fourth-order valence-corrected chi connectivity index (χ4v) is 3.49. The van der Waals surface area contributed by atoms with Crippen LogP contribution in [0.5, 0.6) is 5.75 Å². The normalized spacial score (nSPS) is 11.9. The molecule has 0 spiro atoms. The third-order valence-corrected chi connectivity index (χ3v) is 5.18. The minimum absolute atomic E-state index is 0.0147. The highest BCUT2D eigenvalue weighted by molar-refractivity contribution is 5.95. The summed E-state index contributed by atoms with van der Waals surface area (Å²) in [5.41, 5.74) is 2.47. The average Bonchev–Trinajstić information content (AvgIpc) is 2.77. The molecule has 3 aromatic carbocycles. The molecule has 0 saturated heterocycles. The van der Waals surface area contributed by atoms with Crippen molar-refractivity contribution in [3.8, 4) is 11.4 Å². The number of halogens is 1. The first-order valence-electron chi connectivity index (χ1n) is 10.2. The zero-order chi connectivity index (χ0) is 22.8. The van der Waals surface area contributed by atoms with Gasteiger partial charge in [0.25, 0.3) is 11.5 Å². The summed E-state index contributed by atoms with van der Waals surface area (Å²) in [4.78, 5) is 30.1. The number of aryl methyl sites for hydroxylation is 2. The summed E-state index contributed by atoms with van der Waals surface area (Å²) in [6.45, 7) is 5.16. The molecule has 32 heavy (non-hydrogen) atoms. The zero-order valence-electron chi connectivity index (χ0n) is 17.9. The second-order valence-corrected chi connectivity index (χ2v) is 7.50. The molecule has 0 saturated carbocycles. The Morgan fingerprint density at radius 3 is 2.53 bits per heavy atom. The van der Waals surface area contributed by atoms with E-state index in [2.05, 4.69) is 10.3 Å². The minimum Gasteiger partial charge on any atom is -0.478 e. The lowest BCUT2D eigenvalue weighted by molar-refractivity contribution is -0.122. The number of fused-ring (bicyclic) bond motifs is 1. The van der Waals surface area contributed by atoms with Crippen LogP contribution in [0.25, 0.3) is 16.6 Å². The van der Waals surface area contributed by atoms with Crippen LogP contribution in [-0.2, 0) is 4.79 Å². The van der Waals surface area contributed by atoms with E-state index in [-0.39, 0.29) is 11.3 Å². The number of nitrogens with zero attached hydrogens (tertiary/aromatic N) is 2. The molecule has 1 amide bonds. The van der Waals surface area contributed by atoms with Crippen molar-refractivity contribution in [1.82, 2.24) is 9.55 Å². The van der Waals surface area contributed by atoms with Crippen LogP contribution in [0.4, 0.5) is 10.1 Å². The Kier molecular flexibility index (Phi) is 5.73. The van der Waals surface area contributed by atoms with Crippen LogP contribution in [0.15, 0.2) is 71.5 Å². The number of anilines is 1. The van der Waals surface area contributed by atoms with Crippen molar-refractivity contribution in [1.29, 1.82) is 0 Å². The summed E-state index contributed by atoms with van der Waals surface area (Å²) in [6.07, 6.45) is -0.902. The lowest BCUT2D eigenvalue weighted by Crippen LogP contribution is -2.30. The number of amides is 1. The maximum Gasteiger partial charge on any atom is 0.265 e. The van der Waals surface area contributed by atoms with E-state index in [0.29, 0.717) is 28.1 Å². The number of hydrogen-bond acceptors (Lipinski definition) is 4. The molecule has 0 radical (unpaired) electrons. The molecule has 0 fully saturated rings. The first-order valence-corrected chi connectivity index (χ1v) is 10.2. The first kappa shape index (κ1) is 21.2. The van der Waals surface area contributed by atoms with E-state index in [4.69, 9.17) is 4.74 Å². The molecule has 4 aromatic rings. The number of nitrogens with one attached hydrogen (secondary N) is 1. The van der Waals surface area contributed by atoms with Gasteiger partial charge in [0.1, 0.15) is 5.82 Å². The summed E-state index contributed by atoms with van der Waals surface area (Å²) < 4.78 is 20.8. The first-order chi connectivity index (χ1) is 15.3. The minimum atomic E-state index is -0.902. The Hall–Kier alpha value is -4.00. The van der Waals surface area contributed by atoms with Crippen molar-refractivity contribution in [2.24, 2.45) is 0 Å². The summed E-state index contributed by atoms with van der Waals surface area (Å²) in [7, 11) is 0. The third kappa shape index (κ3) is 4.09. The summed E-state index contributed by atoms with van der Waals surface area (Å²) in [6, 6.07) is 18.4. The highest BCUT2D eigenvalue weighted by Gasteiger charge is 2.18. The van der Waals surface area contributed by atoms with E-state index < -0.39 is 17.8 Å². The number of ether oxygens (including phenoxy) is 1. The number of carbonyl (C=O) groups excluding carboxylic acids is 1. The fraction of sp³-hybridized carbons (Fsp3) is 0.160. The predicted octanol–water partition coefficient (Wildman–Crippen LogP) is 4.55. The molecular weight excluding hydrogens is 409 g/mol. The van der Waals surface area contributed by atoms with E-state index in [1.807, 2.05) is 25.1 Å². The predicted molar refractivity (Wildman–Crippen MR) is 122 cm³/mol. The Bertz CT molecular complexity index is 1380. The number of para-hydroxylation sites is 2. The van der Waals surface area contributed by atoms with Crippen molar-refractivity contribution in [2.75, 3.05) is 5.32 Å². The van der Waals surface area contributed by atoms with Crippen molar-refractivity contribution < 1.29 is 13.9 Å². The molecule has 1 heterocycles. The molecule has 1 atom stereocenters. The lowest BCUT2D eigenvalue weighted by atomic mass is 10.1. The number of rotatable bonds is 5. The van der Waals surface area contributed by atoms with Crippen LogP contribution >= 0.6 is 0 Å². The maximum absolute atomic E-state index is 13.8. The standard InChI is InChI=1S/C25H22FN3O3/c1-15-14-18(29-17(3)27-22-10-6-4-8-19(22)25(29)31)12-13-21(15)28-24(30)16(2)32-23-11-7-5-9-20(23)26/h4-14,16H,1-3H3,(H,28,30). The van der Waals surface area contributed by atoms with Crippen molar-refractivity contribution >= 4 is 22.5 Å². The molecule has 0 bridgehead atoms. The highest BCUT2D eigenvalue weighted by Crippen LogP contribution is 2.22. The molecule has 1 aromatic heterocycles. The summed E-state index contributed by atoms with van der Waals surface area (Å²) in [5, 5.41) is 3.33. The van der Waals surface area contributed by atoms with Gasteiger partial charge in [-0.2, -0.15) is 0 Å². The molecule has 0 aliphatic heterocycles. The quantitative estimate of drug-likeness (QED) is 0.503. The maximum atomic E-state index is 13.8. The number of aromatic nitrogens is 2. The third-order valence-electron chi connectivity index (χ3n) is 5.18. The monoisotopic (exact) mass is 431 g/mol. The van der Waals surface area contributed by atoms with Gasteiger partial charge in [-0.1, -0.05) is 24.3 Å². The van der Waals surface area contributed by atoms with Gasteiger partial charge in [0.05, 0.1) is 16.6 Å². The summed E-state index contributed by atoms with van der Waals surface area (Å²) >= 11 is 0. The van der Waals surface area contributed by atoms with Crippen LogP contribution in [0.3, 0.4) is 0 Å². The Morgan fingerprint density at radius 1 is 1.06 bits per heavy atom. The van der Waals surface area contributed by atoms with E-state index in [1.54, 1.807) is 54.8 Å². The van der Waals surface area contributed by atoms with Gasteiger partial charge in [-0.3, -0.25) is 14.2 Å². The van der Waals surface area contributed by atoms with Gasteiger partial charge in [0.15, 0.2) is 17.7 Å². The second kappa shape index (κ2) is 8.63. The van der Waals surface area contributed by atoms with E-state index >= 15 is 0 Å². The number of carbonyl (C=O) groups is 1. The van der Waals surface area contributed by atoms with Gasteiger partial charge in [0, 0.05) is 5.69 Å².